The highest BCUT2D eigenvalue weighted by Gasteiger charge is 2.51. The number of fused-ring (bicyclic) bond motifs is 6. The first-order valence-electron chi connectivity index (χ1n) is 20.8. The number of alkyl halides is 2. The highest BCUT2D eigenvalue weighted by atomic mass is 35.5. The van der Waals surface area contributed by atoms with Crippen molar-refractivity contribution in [2.45, 2.75) is 62.2 Å². The first-order valence-corrected chi connectivity index (χ1v) is 21.2. The molecule has 5 atom stereocenters. The Balaban J connectivity index is 0.766. The molecule has 2 amide bonds. The van der Waals surface area contributed by atoms with E-state index in [-0.39, 0.29) is 41.4 Å². The smallest absolute Gasteiger partial charge is 0.301 e. The topological polar surface area (TPSA) is 182 Å². The first kappa shape index (κ1) is 39.5. The summed E-state index contributed by atoms with van der Waals surface area (Å²) < 4.78 is 45.4. The second kappa shape index (κ2) is 15.4. The molecule has 4 unspecified atom stereocenters. The van der Waals surface area contributed by atoms with Crippen molar-refractivity contribution in [2.75, 3.05) is 60.2 Å². The number of anilines is 5. The molecule has 0 radical (unpaired) electrons. The first-order chi connectivity index (χ1) is 29.4. The Morgan fingerprint density at radius 3 is 2.66 bits per heavy atom. The van der Waals surface area contributed by atoms with Crippen LogP contribution in [0.5, 0.6) is 5.75 Å². The third-order valence-electron chi connectivity index (χ3n) is 12.7. The highest BCUT2D eigenvalue weighted by Crippen LogP contribution is 2.46. The largest absolute Gasteiger partial charge is 0.480 e. The zero-order chi connectivity index (χ0) is 42.2. The Kier molecular flexibility index (Phi) is 9.98. The van der Waals surface area contributed by atoms with Crippen LogP contribution in [0.15, 0.2) is 47.4 Å². The van der Waals surface area contributed by atoms with E-state index in [1.165, 1.54) is 4.57 Å². The fourth-order valence-electron chi connectivity index (χ4n) is 9.34. The number of rotatable bonds is 11. The number of nitrogens with zero attached hydrogens (tertiary/aromatic N) is 6. The van der Waals surface area contributed by atoms with Gasteiger partial charge < -0.3 is 40.2 Å². The number of hydrogen-bond donors (Lipinski definition) is 5. The molecule has 1 aliphatic carbocycles. The van der Waals surface area contributed by atoms with Crippen LogP contribution in [0.25, 0.3) is 21.8 Å². The molecule has 2 bridgehead atoms. The lowest BCUT2D eigenvalue weighted by Gasteiger charge is -2.33. The van der Waals surface area contributed by atoms with Crippen LogP contribution < -0.4 is 41.8 Å². The van der Waals surface area contributed by atoms with Crippen LogP contribution in [0.3, 0.4) is 0 Å². The quantitative estimate of drug-likeness (QED) is 0.0917. The molecule has 3 aromatic heterocycles. The highest BCUT2D eigenvalue weighted by molar-refractivity contribution is 6.33. The maximum Gasteiger partial charge on any atom is 0.301 e. The minimum Gasteiger partial charge on any atom is -0.480 e. The van der Waals surface area contributed by atoms with Gasteiger partial charge in [-0.15, -0.1) is 0 Å². The zero-order valence-electron chi connectivity index (χ0n) is 33.6. The van der Waals surface area contributed by atoms with Crippen LogP contribution in [0.2, 0.25) is 5.02 Å². The summed E-state index contributed by atoms with van der Waals surface area (Å²) >= 11 is 6.63. The predicted octanol–water partition coefficient (Wildman–Crippen LogP) is 4.65. The molecule has 5 aliphatic rings. The summed E-state index contributed by atoms with van der Waals surface area (Å²) in [5, 5.41) is 22.2. The number of nitrogens with one attached hydrogen (secondary N) is 5. The number of morpholine rings is 1. The molecule has 16 nitrogen and oxygen atoms in total. The lowest BCUT2D eigenvalue weighted by Crippen LogP contribution is -2.45. The number of hydrogen-bond acceptors (Lipinski definition) is 13. The van der Waals surface area contributed by atoms with Crippen LogP contribution >= 0.6 is 11.6 Å². The summed E-state index contributed by atoms with van der Waals surface area (Å²) in [5.74, 6) is -3.23. The second-order valence-electron chi connectivity index (χ2n) is 16.9. The molecule has 19 heteroatoms. The van der Waals surface area contributed by atoms with Gasteiger partial charge in [0.15, 0.2) is 12.4 Å². The summed E-state index contributed by atoms with van der Waals surface area (Å²) in [4.78, 5) is 48.9. The predicted molar refractivity (Wildman–Crippen MR) is 226 cm³/mol. The molecule has 320 valence electrons. The van der Waals surface area contributed by atoms with Crippen LogP contribution in [-0.2, 0) is 28.4 Å². The van der Waals surface area contributed by atoms with Crippen LogP contribution in [0.4, 0.5) is 37.6 Å². The number of ether oxygens (including phenoxy) is 2. The van der Waals surface area contributed by atoms with Gasteiger partial charge in [-0.2, -0.15) is 10.1 Å². The van der Waals surface area contributed by atoms with Crippen molar-refractivity contribution in [2.24, 2.45) is 25.9 Å². The van der Waals surface area contributed by atoms with Gasteiger partial charge in [0.2, 0.25) is 23.5 Å². The van der Waals surface area contributed by atoms with Gasteiger partial charge in [0.1, 0.15) is 5.02 Å². The van der Waals surface area contributed by atoms with E-state index in [4.69, 9.17) is 26.1 Å². The number of piperidine rings is 1. The number of aromatic nitrogens is 5. The van der Waals surface area contributed by atoms with Gasteiger partial charge in [-0.3, -0.25) is 24.4 Å². The molecule has 61 heavy (non-hydrogen) atoms. The van der Waals surface area contributed by atoms with E-state index in [1.807, 2.05) is 25.2 Å². The molecule has 1 saturated carbocycles. The molecule has 5 aromatic rings. The minimum atomic E-state index is -3.14. The number of pyridine rings is 1. The standard InChI is InChI=1S/C42H46ClF2N11O5/c1-54-30-9-6-24(14-28(30)35-36(40(54)59)60-20-42(44,45)37(51-35)21-3-4-21)49-38-29(43)17-48-41(52-38)56-18-25-13-22(32(19-56)61-25)16-46-11-12-47-23-5-7-26-31(15-23)55(2)53-34(26)27-8-10-33(57)50-39(27)58/h5-7,9,14-15,17,21-22,25,27,32,37,46-47,51H,3-4,8,10-13,16,18-20H2,1-2H3,(H,48,49,52)(H,50,57,58)/t22?,25?,27?,32?,37-/m0/s1. The van der Waals surface area contributed by atoms with Gasteiger partial charge in [-0.25, -0.2) is 13.8 Å². The van der Waals surface area contributed by atoms with E-state index < -0.39 is 30.0 Å². The molecular formula is C42H46ClF2N11O5. The fourth-order valence-corrected chi connectivity index (χ4v) is 9.48. The van der Waals surface area contributed by atoms with Gasteiger partial charge in [0.25, 0.3) is 5.56 Å². The molecule has 5 N–H and O–H groups in total. The number of imide groups is 1. The lowest BCUT2D eigenvalue weighted by atomic mass is 9.93. The van der Waals surface area contributed by atoms with Gasteiger partial charge >= 0.3 is 5.92 Å². The number of carbonyl (C=O) groups excluding carboxylic acids is 2. The molecule has 10 rings (SSSR count). The van der Waals surface area contributed by atoms with E-state index >= 15 is 8.78 Å². The summed E-state index contributed by atoms with van der Waals surface area (Å²) in [6.45, 7) is 2.60. The monoisotopic (exact) mass is 857 g/mol. The van der Waals surface area contributed by atoms with Gasteiger partial charge in [0.05, 0.1) is 52.8 Å². The number of benzene rings is 2. The van der Waals surface area contributed by atoms with Crippen molar-refractivity contribution >= 4 is 74.0 Å². The maximum absolute atomic E-state index is 15.2. The zero-order valence-corrected chi connectivity index (χ0v) is 34.4. The molecule has 3 saturated heterocycles. The van der Waals surface area contributed by atoms with E-state index in [0.717, 1.165) is 36.1 Å². The molecule has 0 spiro atoms. The third-order valence-corrected chi connectivity index (χ3v) is 12.9. The molecule has 2 aromatic carbocycles. The SMILES string of the molecule is Cn1nc(C2CCC(=O)NC2=O)c2ccc(NCCNCC3CC4CN(c5ncc(Cl)c(Nc6ccc7c(c6)c6c(c(=O)n7C)OCC(F)(F)[C@H](C7CC7)N6)n5)CC3O4)cc21. The number of amides is 2. The number of aryl methyl sites for hydroxylation is 2. The van der Waals surface area contributed by atoms with E-state index in [1.54, 1.807) is 36.1 Å². The summed E-state index contributed by atoms with van der Waals surface area (Å²) in [5.41, 5.74) is 3.49. The number of halogens is 3. The Morgan fingerprint density at radius 1 is 1.00 bits per heavy atom. The van der Waals surface area contributed by atoms with Crippen molar-refractivity contribution in [1.29, 1.82) is 0 Å². The Labute approximate surface area is 353 Å². The molecule has 4 fully saturated rings. The van der Waals surface area contributed by atoms with Crippen molar-refractivity contribution in [3.63, 3.8) is 0 Å². The molecular weight excluding hydrogens is 812 g/mol. The van der Waals surface area contributed by atoms with E-state index in [9.17, 15) is 14.4 Å². The minimum absolute atomic E-state index is 0.00957. The Hall–Kier alpha value is -5.59. The van der Waals surface area contributed by atoms with Gasteiger partial charge in [-0.05, 0) is 68.0 Å². The van der Waals surface area contributed by atoms with Crippen molar-refractivity contribution in [1.82, 2.24) is 34.9 Å². The van der Waals surface area contributed by atoms with Gasteiger partial charge in [0, 0.05) is 81.3 Å². The summed E-state index contributed by atoms with van der Waals surface area (Å²) in [6.07, 6.45) is 4.63. The fraction of sp³-hybridized carbons (Fsp3) is 0.476. The molecule has 4 aliphatic heterocycles. The summed E-state index contributed by atoms with van der Waals surface area (Å²) in [6, 6.07) is 10.2. The Bertz CT molecular complexity index is 2640. The van der Waals surface area contributed by atoms with E-state index in [0.29, 0.717) is 90.3 Å². The average molecular weight is 858 g/mol. The Morgan fingerprint density at radius 2 is 1.84 bits per heavy atom. The van der Waals surface area contributed by atoms with E-state index in [2.05, 4.69) is 41.6 Å². The van der Waals surface area contributed by atoms with Crippen LogP contribution in [0, 0.1) is 11.8 Å². The van der Waals surface area contributed by atoms with Crippen molar-refractivity contribution < 1.29 is 27.8 Å². The lowest BCUT2D eigenvalue weighted by molar-refractivity contribution is -0.134. The normalized spacial score (nSPS) is 24.5. The second-order valence-corrected chi connectivity index (χ2v) is 17.3. The van der Waals surface area contributed by atoms with Crippen LogP contribution in [-0.4, -0.2) is 99.6 Å². The average Bonchev–Trinajstić information content (AvgIpc) is 3.99. The van der Waals surface area contributed by atoms with Crippen LogP contribution in [0.1, 0.15) is 43.7 Å². The maximum atomic E-state index is 15.2. The van der Waals surface area contributed by atoms with Crippen molar-refractivity contribution in [3.05, 3.63) is 63.7 Å². The summed E-state index contributed by atoms with van der Waals surface area (Å²) in [7, 11) is 3.46. The number of carbonyl (C=O) groups is 2. The third kappa shape index (κ3) is 7.47. The van der Waals surface area contributed by atoms with Crippen molar-refractivity contribution in [3.8, 4) is 5.75 Å². The molecule has 7 heterocycles. The van der Waals surface area contributed by atoms with Gasteiger partial charge in [-0.1, -0.05) is 11.6 Å².